The molecule has 0 spiro atoms. The molecule has 1 fully saturated rings. The van der Waals surface area contributed by atoms with Gasteiger partial charge in [0.2, 0.25) is 5.91 Å². The van der Waals surface area contributed by atoms with Crippen molar-refractivity contribution in [1.29, 1.82) is 0 Å². The number of benzene rings is 1. The molecule has 8 nitrogen and oxygen atoms in total. The minimum Gasteiger partial charge on any atom is -0.396 e. The van der Waals surface area contributed by atoms with E-state index in [1.807, 2.05) is 22.8 Å². The van der Waals surface area contributed by atoms with Gasteiger partial charge in [0.05, 0.1) is 18.8 Å². The van der Waals surface area contributed by atoms with E-state index in [-0.39, 0.29) is 12.5 Å². The Morgan fingerprint density at radius 1 is 1.14 bits per heavy atom. The lowest BCUT2D eigenvalue weighted by Gasteiger charge is -2.33. The molecular formula is C29H38N6O2. The van der Waals surface area contributed by atoms with E-state index >= 15 is 0 Å². The SMILES string of the molecule is CC(=O)N1CCc2c(c(N3CCCc4cc(-c5cnn(C)c5)c(C)cc43)nn2C2CCC(CO)CC2)C1. The summed E-state index contributed by atoms with van der Waals surface area (Å²) in [6.45, 7) is 6.45. The second-order valence-electron chi connectivity index (χ2n) is 11.2. The molecule has 6 rings (SSSR count). The van der Waals surface area contributed by atoms with Gasteiger partial charge < -0.3 is 14.9 Å². The highest BCUT2D eigenvalue weighted by molar-refractivity contribution is 5.77. The maximum atomic E-state index is 12.3. The standard InChI is InChI=1S/C29H38N6O2/c1-19-13-28-22(14-25(19)23-15-30-32(3)16-23)5-4-11-34(28)29-26-17-33(20(2)37)12-10-27(26)35(31-29)24-8-6-21(18-36)7-9-24/h13-16,21,24,36H,4-12,17-18H2,1-3H3. The minimum atomic E-state index is 0.129. The fraction of sp³-hybridized carbons (Fsp3) is 0.552. The third kappa shape index (κ3) is 4.35. The van der Waals surface area contributed by atoms with Crippen LogP contribution in [-0.4, -0.2) is 55.2 Å². The lowest BCUT2D eigenvalue weighted by atomic mass is 9.86. The molecule has 1 N–H and O–H groups in total. The van der Waals surface area contributed by atoms with Gasteiger partial charge in [0, 0.05) is 68.8 Å². The van der Waals surface area contributed by atoms with Crippen LogP contribution in [-0.2, 0) is 31.2 Å². The smallest absolute Gasteiger partial charge is 0.219 e. The van der Waals surface area contributed by atoms with Crippen molar-refractivity contribution in [1.82, 2.24) is 24.5 Å². The molecule has 1 aromatic carbocycles. The van der Waals surface area contributed by atoms with Gasteiger partial charge in [-0.3, -0.25) is 14.2 Å². The zero-order valence-electron chi connectivity index (χ0n) is 22.3. The van der Waals surface area contributed by atoms with Crippen molar-refractivity contribution in [2.45, 2.75) is 71.4 Å². The van der Waals surface area contributed by atoms with Crippen LogP contribution in [0, 0.1) is 12.8 Å². The van der Waals surface area contributed by atoms with Crippen LogP contribution in [0.5, 0.6) is 0 Å². The molecule has 8 heteroatoms. The molecular weight excluding hydrogens is 464 g/mol. The van der Waals surface area contributed by atoms with Crippen LogP contribution in [0.2, 0.25) is 0 Å². The van der Waals surface area contributed by atoms with Gasteiger partial charge in [-0.1, -0.05) is 0 Å². The van der Waals surface area contributed by atoms with Crippen molar-refractivity contribution in [2.75, 3.05) is 24.6 Å². The van der Waals surface area contributed by atoms with Crippen molar-refractivity contribution >= 4 is 17.4 Å². The van der Waals surface area contributed by atoms with Crippen LogP contribution < -0.4 is 4.90 Å². The predicted octanol–water partition coefficient (Wildman–Crippen LogP) is 4.30. The van der Waals surface area contributed by atoms with E-state index in [0.29, 0.717) is 18.5 Å². The van der Waals surface area contributed by atoms with Crippen LogP contribution in [0.4, 0.5) is 11.5 Å². The Hall–Kier alpha value is -3.13. The summed E-state index contributed by atoms with van der Waals surface area (Å²) in [5, 5.41) is 19.3. The van der Waals surface area contributed by atoms with Gasteiger partial charge in [0.15, 0.2) is 5.82 Å². The van der Waals surface area contributed by atoms with E-state index in [0.717, 1.165) is 69.4 Å². The van der Waals surface area contributed by atoms with Crippen molar-refractivity contribution < 1.29 is 9.90 Å². The molecule has 2 aliphatic heterocycles. The molecule has 1 saturated carbocycles. The van der Waals surface area contributed by atoms with Gasteiger partial charge in [0.1, 0.15) is 0 Å². The molecule has 3 aliphatic rings. The van der Waals surface area contributed by atoms with Crippen LogP contribution in [0.15, 0.2) is 24.5 Å². The zero-order valence-corrected chi connectivity index (χ0v) is 22.3. The third-order valence-electron chi connectivity index (χ3n) is 8.75. The van der Waals surface area contributed by atoms with Crippen molar-refractivity contribution in [3.63, 3.8) is 0 Å². The number of aliphatic hydroxyl groups is 1. The number of amides is 1. The molecule has 1 aliphatic carbocycles. The normalized spacial score (nSPS) is 21.6. The average Bonchev–Trinajstić information content (AvgIpc) is 3.51. The summed E-state index contributed by atoms with van der Waals surface area (Å²) >= 11 is 0. The Bertz CT molecular complexity index is 1320. The lowest BCUT2D eigenvalue weighted by molar-refractivity contribution is -0.129. The highest BCUT2D eigenvalue weighted by atomic mass is 16.3. The van der Waals surface area contributed by atoms with E-state index in [1.54, 1.807) is 6.92 Å². The summed E-state index contributed by atoms with van der Waals surface area (Å²) in [6.07, 6.45) is 11.2. The highest BCUT2D eigenvalue weighted by Crippen LogP contribution is 2.42. The third-order valence-corrected chi connectivity index (χ3v) is 8.75. The molecule has 0 saturated heterocycles. The molecule has 2 aromatic heterocycles. The fourth-order valence-electron chi connectivity index (χ4n) is 6.62. The molecule has 1 amide bonds. The van der Waals surface area contributed by atoms with Crippen molar-refractivity contribution in [2.24, 2.45) is 13.0 Å². The summed E-state index contributed by atoms with van der Waals surface area (Å²) in [5.41, 5.74) is 8.74. The van der Waals surface area contributed by atoms with E-state index in [2.05, 4.69) is 39.9 Å². The van der Waals surface area contributed by atoms with Crippen LogP contribution >= 0.6 is 0 Å². The topological polar surface area (TPSA) is 79.4 Å². The molecule has 0 atom stereocenters. The van der Waals surface area contributed by atoms with Gasteiger partial charge in [-0.05, 0) is 80.2 Å². The van der Waals surface area contributed by atoms with Crippen LogP contribution in [0.3, 0.4) is 0 Å². The number of hydrogen-bond acceptors (Lipinski definition) is 5. The number of anilines is 2. The number of fused-ring (bicyclic) bond motifs is 2. The Labute approximate surface area is 218 Å². The molecule has 0 unspecified atom stereocenters. The van der Waals surface area contributed by atoms with Gasteiger partial charge in [0.25, 0.3) is 0 Å². The first-order valence-electron chi connectivity index (χ1n) is 13.8. The van der Waals surface area contributed by atoms with E-state index in [9.17, 15) is 9.90 Å². The monoisotopic (exact) mass is 502 g/mol. The zero-order chi connectivity index (χ0) is 25.7. The first kappa shape index (κ1) is 24.2. The van der Waals surface area contributed by atoms with Crippen molar-refractivity contribution in [3.05, 3.63) is 46.9 Å². The van der Waals surface area contributed by atoms with Gasteiger partial charge in [-0.25, -0.2) is 0 Å². The Balaban J connectivity index is 1.41. The first-order chi connectivity index (χ1) is 17.9. The number of hydrogen-bond donors (Lipinski definition) is 1. The van der Waals surface area contributed by atoms with Gasteiger partial charge in [-0.2, -0.15) is 10.2 Å². The van der Waals surface area contributed by atoms with Crippen LogP contribution in [0.25, 0.3) is 11.1 Å². The number of aliphatic hydroxyl groups excluding tert-OH is 1. The number of carbonyl (C=O) groups is 1. The highest BCUT2D eigenvalue weighted by Gasteiger charge is 2.34. The summed E-state index contributed by atoms with van der Waals surface area (Å²) in [7, 11) is 1.96. The first-order valence-corrected chi connectivity index (χ1v) is 13.8. The number of rotatable bonds is 4. The second-order valence-corrected chi connectivity index (χ2v) is 11.2. The van der Waals surface area contributed by atoms with Crippen molar-refractivity contribution in [3.8, 4) is 11.1 Å². The summed E-state index contributed by atoms with van der Waals surface area (Å²) < 4.78 is 4.16. The van der Waals surface area contributed by atoms with E-state index < -0.39 is 0 Å². The molecule has 0 radical (unpaired) electrons. The average molecular weight is 503 g/mol. The lowest BCUT2D eigenvalue weighted by Crippen LogP contribution is -2.36. The number of aromatic nitrogens is 4. The number of nitrogens with zero attached hydrogens (tertiary/aromatic N) is 6. The Kier molecular flexibility index (Phi) is 6.31. The summed E-state index contributed by atoms with van der Waals surface area (Å²) in [4.78, 5) is 16.7. The quantitative estimate of drug-likeness (QED) is 0.575. The summed E-state index contributed by atoms with van der Waals surface area (Å²) in [5.74, 6) is 1.57. The number of carbonyl (C=O) groups excluding carboxylic acids is 1. The largest absolute Gasteiger partial charge is 0.396 e. The molecule has 4 heterocycles. The molecule has 0 bridgehead atoms. The maximum Gasteiger partial charge on any atom is 0.219 e. The maximum absolute atomic E-state index is 12.3. The van der Waals surface area contributed by atoms with E-state index in [1.165, 1.54) is 33.6 Å². The minimum absolute atomic E-state index is 0.129. The fourth-order valence-corrected chi connectivity index (χ4v) is 6.62. The van der Waals surface area contributed by atoms with Gasteiger partial charge in [-0.15, -0.1) is 0 Å². The van der Waals surface area contributed by atoms with Crippen LogP contribution in [0.1, 0.15) is 67.5 Å². The van der Waals surface area contributed by atoms with E-state index in [4.69, 9.17) is 5.10 Å². The molecule has 196 valence electrons. The predicted molar refractivity (Wildman–Crippen MR) is 144 cm³/mol. The number of aryl methyl sites for hydroxylation is 3. The molecule has 3 aromatic rings. The summed E-state index contributed by atoms with van der Waals surface area (Å²) in [6, 6.07) is 5.03. The second kappa shape index (κ2) is 9.63. The Morgan fingerprint density at radius 3 is 2.65 bits per heavy atom. The van der Waals surface area contributed by atoms with Gasteiger partial charge >= 0.3 is 0 Å². The Morgan fingerprint density at radius 2 is 1.95 bits per heavy atom. The molecule has 37 heavy (non-hydrogen) atoms.